The van der Waals surface area contributed by atoms with Gasteiger partial charge in [0.05, 0.1) is 5.56 Å². The van der Waals surface area contributed by atoms with Crippen LogP contribution in [-0.2, 0) is 0 Å². The van der Waals surface area contributed by atoms with Gasteiger partial charge in [-0.2, -0.15) is 0 Å². The van der Waals surface area contributed by atoms with E-state index in [1.807, 2.05) is 0 Å². The fourth-order valence-corrected chi connectivity index (χ4v) is 2.54. The van der Waals surface area contributed by atoms with Crippen molar-refractivity contribution in [3.05, 3.63) is 29.6 Å². The molecule has 1 aliphatic carbocycles. The van der Waals surface area contributed by atoms with Crippen molar-refractivity contribution in [3.8, 4) is 0 Å². The van der Waals surface area contributed by atoms with E-state index in [-0.39, 0.29) is 17.5 Å². The Balaban J connectivity index is 2.16. The number of rotatable bonds is 2. The zero-order valence-corrected chi connectivity index (χ0v) is 10.7. The lowest BCUT2D eigenvalue weighted by Crippen LogP contribution is -2.38. The Morgan fingerprint density at radius 3 is 2.67 bits per heavy atom. The SMILES string of the molecule is CN(C(=O)c1cc(F)ccc1N)C1CCCCC1. The third-order valence-electron chi connectivity index (χ3n) is 3.69. The van der Waals surface area contributed by atoms with Crippen molar-refractivity contribution in [3.63, 3.8) is 0 Å². The largest absolute Gasteiger partial charge is 0.398 e. The molecule has 0 saturated heterocycles. The first kappa shape index (κ1) is 12.9. The van der Waals surface area contributed by atoms with E-state index in [9.17, 15) is 9.18 Å². The van der Waals surface area contributed by atoms with Crippen molar-refractivity contribution in [1.29, 1.82) is 0 Å². The summed E-state index contributed by atoms with van der Waals surface area (Å²) in [5, 5.41) is 0. The van der Waals surface area contributed by atoms with E-state index in [0.29, 0.717) is 5.69 Å². The maximum atomic E-state index is 13.2. The van der Waals surface area contributed by atoms with Gasteiger partial charge in [-0.05, 0) is 31.0 Å². The van der Waals surface area contributed by atoms with Gasteiger partial charge in [0.2, 0.25) is 0 Å². The first-order chi connectivity index (χ1) is 8.59. The third-order valence-corrected chi connectivity index (χ3v) is 3.69. The Morgan fingerprint density at radius 1 is 1.33 bits per heavy atom. The Hall–Kier alpha value is -1.58. The van der Waals surface area contributed by atoms with E-state index in [1.54, 1.807) is 11.9 Å². The standard InChI is InChI=1S/C14H19FN2O/c1-17(11-5-3-2-4-6-11)14(18)12-9-10(15)7-8-13(12)16/h7-9,11H,2-6,16H2,1H3. The van der Waals surface area contributed by atoms with E-state index >= 15 is 0 Å². The van der Waals surface area contributed by atoms with Gasteiger partial charge in [-0.3, -0.25) is 4.79 Å². The van der Waals surface area contributed by atoms with Crippen LogP contribution in [0.25, 0.3) is 0 Å². The second-order valence-electron chi connectivity index (χ2n) is 4.94. The summed E-state index contributed by atoms with van der Waals surface area (Å²) in [4.78, 5) is 14.0. The van der Waals surface area contributed by atoms with Crippen LogP contribution in [-0.4, -0.2) is 23.9 Å². The monoisotopic (exact) mass is 250 g/mol. The summed E-state index contributed by atoms with van der Waals surface area (Å²) >= 11 is 0. The molecule has 1 amide bonds. The molecule has 0 atom stereocenters. The van der Waals surface area contributed by atoms with Gasteiger partial charge in [0.1, 0.15) is 5.82 Å². The van der Waals surface area contributed by atoms with Crippen molar-refractivity contribution in [2.75, 3.05) is 12.8 Å². The van der Waals surface area contributed by atoms with Crippen LogP contribution in [0.2, 0.25) is 0 Å². The fourth-order valence-electron chi connectivity index (χ4n) is 2.54. The number of anilines is 1. The number of halogens is 1. The normalized spacial score (nSPS) is 16.6. The van der Waals surface area contributed by atoms with E-state index in [4.69, 9.17) is 5.73 Å². The highest BCUT2D eigenvalue weighted by atomic mass is 19.1. The molecule has 1 saturated carbocycles. The summed E-state index contributed by atoms with van der Waals surface area (Å²) in [7, 11) is 1.78. The summed E-state index contributed by atoms with van der Waals surface area (Å²) in [6.07, 6.45) is 5.59. The van der Waals surface area contributed by atoms with Crippen LogP contribution in [0.4, 0.5) is 10.1 Å². The van der Waals surface area contributed by atoms with Crippen LogP contribution in [0, 0.1) is 5.82 Å². The van der Waals surface area contributed by atoms with Gasteiger partial charge in [-0.1, -0.05) is 19.3 Å². The highest BCUT2D eigenvalue weighted by Crippen LogP contribution is 2.24. The minimum atomic E-state index is -0.426. The number of amides is 1. The quantitative estimate of drug-likeness (QED) is 0.820. The lowest BCUT2D eigenvalue weighted by atomic mass is 9.94. The number of hydrogen-bond donors (Lipinski definition) is 1. The molecule has 0 spiro atoms. The highest BCUT2D eigenvalue weighted by molar-refractivity contribution is 5.99. The van der Waals surface area contributed by atoms with Crippen LogP contribution in [0.5, 0.6) is 0 Å². The van der Waals surface area contributed by atoms with Crippen molar-refractivity contribution >= 4 is 11.6 Å². The van der Waals surface area contributed by atoms with Gasteiger partial charge in [0.25, 0.3) is 5.91 Å². The van der Waals surface area contributed by atoms with Gasteiger partial charge in [-0.15, -0.1) is 0 Å². The summed E-state index contributed by atoms with van der Waals surface area (Å²) in [6, 6.07) is 4.19. The van der Waals surface area contributed by atoms with Gasteiger partial charge >= 0.3 is 0 Å². The molecule has 4 heteroatoms. The van der Waals surface area contributed by atoms with Crippen LogP contribution < -0.4 is 5.73 Å². The molecule has 0 aromatic heterocycles. The van der Waals surface area contributed by atoms with E-state index in [0.717, 1.165) is 25.7 Å². The minimum Gasteiger partial charge on any atom is -0.398 e. The molecule has 0 heterocycles. The van der Waals surface area contributed by atoms with Gasteiger partial charge < -0.3 is 10.6 Å². The van der Waals surface area contributed by atoms with Crippen molar-refractivity contribution in [1.82, 2.24) is 4.90 Å². The molecule has 0 radical (unpaired) electrons. The topological polar surface area (TPSA) is 46.3 Å². The number of carbonyl (C=O) groups is 1. The summed E-state index contributed by atoms with van der Waals surface area (Å²) in [5.41, 5.74) is 6.35. The zero-order valence-electron chi connectivity index (χ0n) is 10.7. The lowest BCUT2D eigenvalue weighted by molar-refractivity contribution is 0.0697. The second-order valence-corrected chi connectivity index (χ2v) is 4.94. The van der Waals surface area contributed by atoms with Crippen LogP contribution >= 0.6 is 0 Å². The molecular formula is C14H19FN2O. The predicted molar refractivity (Wildman–Crippen MR) is 69.8 cm³/mol. The Labute approximate surface area is 107 Å². The van der Waals surface area contributed by atoms with Gasteiger partial charge in [0, 0.05) is 18.8 Å². The van der Waals surface area contributed by atoms with Gasteiger partial charge in [-0.25, -0.2) is 4.39 Å². The average molecular weight is 250 g/mol. The van der Waals surface area contributed by atoms with E-state index < -0.39 is 5.82 Å². The number of nitrogens with zero attached hydrogens (tertiary/aromatic N) is 1. The van der Waals surface area contributed by atoms with Crippen LogP contribution in [0.15, 0.2) is 18.2 Å². The molecule has 2 N–H and O–H groups in total. The summed E-state index contributed by atoms with van der Waals surface area (Å²) < 4.78 is 13.2. The third kappa shape index (κ3) is 2.63. The highest BCUT2D eigenvalue weighted by Gasteiger charge is 2.24. The number of carbonyl (C=O) groups excluding carboxylic acids is 1. The van der Waals surface area contributed by atoms with Crippen molar-refractivity contribution in [2.24, 2.45) is 0 Å². The molecule has 0 unspecified atom stereocenters. The van der Waals surface area contributed by atoms with Crippen molar-refractivity contribution < 1.29 is 9.18 Å². The average Bonchev–Trinajstić information content (AvgIpc) is 2.41. The molecule has 18 heavy (non-hydrogen) atoms. The van der Waals surface area contributed by atoms with Crippen LogP contribution in [0.1, 0.15) is 42.5 Å². The lowest BCUT2D eigenvalue weighted by Gasteiger charge is -2.31. The molecule has 0 aliphatic heterocycles. The Kier molecular flexibility index (Phi) is 3.84. The molecular weight excluding hydrogens is 231 g/mol. The molecule has 1 aliphatic rings. The Bertz CT molecular complexity index is 441. The minimum absolute atomic E-state index is 0.182. The molecule has 1 aromatic carbocycles. The number of nitrogens with two attached hydrogens (primary N) is 1. The maximum Gasteiger partial charge on any atom is 0.256 e. The first-order valence-electron chi connectivity index (χ1n) is 6.42. The fraction of sp³-hybridized carbons (Fsp3) is 0.500. The number of nitrogen functional groups attached to an aromatic ring is 1. The molecule has 1 aromatic rings. The number of hydrogen-bond acceptors (Lipinski definition) is 2. The van der Waals surface area contributed by atoms with Crippen molar-refractivity contribution in [2.45, 2.75) is 38.1 Å². The smallest absolute Gasteiger partial charge is 0.256 e. The maximum absolute atomic E-state index is 13.2. The molecule has 98 valence electrons. The van der Waals surface area contributed by atoms with Gasteiger partial charge in [0.15, 0.2) is 0 Å². The molecule has 3 nitrogen and oxygen atoms in total. The Morgan fingerprint density at radius 2 is 2.00 bits per heavy atom. The molecule has 2 rings (SSSR count). The second kappa shape index (κ2) is 5.38. The summed E-state index contributed by atoms with van der Waals surface area (Å²) in [6.45, 7) is 0. The molecule has 1 fully saturated rings. The zero-order chi connectivity index (χ0) is 13.1. The molecule has 0 bridgehead atoms. The summed E-state index contributed by atoms with van der Waals surface area (Å²) in [5.74, 6) is -0.608. The van der Waals surface area contributed by atoms with E-state index in [2.05, 4.69) is 0 Å². The number of benzene rings is 1. The predicted octanol–water partition coefficient (Wildman–Crippen LogP) is 2.81. The first-order valence-corrected chi connectivity index (χ1v) is 6.42. The van der Waals surface area contributed by atoms with E-state index in [1.165, 1.54) is 24.6 Å². The van der Waals surface area contributed by atoms with Crippen LogP contribution in [0.3, 0.4) is 0 Å².